The van der Waals surface area contributed by atoms with Gasteiger partial charge >= 0.3 is 0 Å². The van der Waals surface area contributed by atoms with Crippen molar-refractivity contribution in [3.8, 4) is 22.9 Å². The van der Waals surface area contributed by atoms with E-state index >= 15 is 0 Å². The van der Waals surface area contributed by atoms with Gasteiger partial charge < -0.3 is 14.4 Å². The lowest BCUT2D eigenvalue weighted by Crippen LogP contribution is -2.46. The maximum Gasteiger partial charge on any atom is 0.235 e. The largest absolute Gasteiger partial charge is 0.496 e. The number of thiophene rings is 1. The molecule has 0 amide bonds. The van der Waals surface area contributed by atoms with Gasteiger partial charge in [-0.15, -0.1) is 11.3 Å². The van der Waals surface area contributed by atoms with E-state index in [4.69, 9.17) is 14.5 Å². The van der Waals surface area contributed by atoms with E-state index in [1.807, 2.05) is 18.2 Å². The Morgan fingerprint density at radius 1 is 1.10 bits per heavy atom. The van der Waals surface area contributed by atoms with Gasteiger partial charge in [-0.25, -0.2) is 9.97 Å². The maximum absolute atomic E-state index is 9.52. The van der Waals surface area contributed by atoms with Crippen LogP contribution in [0, 0.1) is 11.3 Å². The molecule has 2 aliphatic rings. The van der Waals surface area contributed by atoms with Crippen molar-refractivity contribution >= 4 is 27.4 Å². The summed E-state index contributed by atoms with van der Waals surface area (Å²) in [6, 6.07) is 10.9. The first-order valence-electron chi connectivity index (χ1n) is 9.87. The minimum Gasteiger partial charge on any atom is -0.496 e. The first kappa shape index (κ1) is 18.3. The van der Waals surface area contributed by atoms with Crippen LogP contribution in [-0.4, -0.2) is 42.4 Å². The third kappa shape index (κ3) is 2.95. The highest BCUT2D eigenvalue weighted by Gasteiger charge is 2.42. The molecule has 1 aromatic carbocycles. The normalized spacial score (nSPS) is 23.3. The molecular formula is C22H22N4O2S. The number of nitrogens with zero attached hydrogens (tertiary/aromatic N) is 4. The quantitative estimate of drug-likeness (QED) is 0.640. The fourth-order valence-electron chi connectivity index (χ4n) is 4.89. The third-order valence-electron chi connectivity index (χ3n) is 6.18. The Morgan fingerprint density at radius 2 is 1.86 bits per heavy atom. The molecule has 0 N–H and O–H groups in total. The summed E-state index contributed by atoms with van der Waals surface area (Å²) in [6.45, 7) is 0. The van der Waals surface area contributed by atoms with Crippen molar-refractivity contribution in [1.29, 1.82) is 5.26 Å². The average molecular weight is 407 g/mol. The third-order valence-corrected chi connectivity index (χ3v) is 7.05. The molecule has 4 heterocycles. The second-order valence-corrected chi connectivity index (χ2v) is 8.49. The molecule has 2 aromatic heterocycles. The van der Waals surface area contributed by atoms with Gasteiger partial charge in [0.2, 0.25) is 5.82 Å². The highest BCUT2D eigenvalue weighted by molar-refractivity contribution is 7.17. The molecule has 6 nitrogen and oxygen atoms in total. The smallest absolute Gasteiger partial charge is 0.235 e. The van der Waals surface area contributed by atoms with Gasteiger partial charge in [-0.1, -0.05) is 18.2 Å². The second-order valence-electron chi connectivity index (χ2n) is 7.63. The second kappa shape index (κ2) is 7.29. The van der Waals surface area contributed by atoms with Crippen LogP contribution in [0.4, 0.5) is 5.82 Å². The van der Waals surface area contributed by atoms with Crippen LogP contribution in [0.25, 0.3) is 21.3 Å². The number of fused-ring (bicyclic) bond motifs is 3. The van der Waals surface area contributed by atoms with Crippen LogP contribution in [0.1, 0.15) is 31.5 Å². The monoisotopic (exact) mass is 406 g/mol. The van der Waals surface area contributed by atoms with Gasteiger partial charge in [-0.2, -0.15) is 5.26 Å². The number of rotatable bonds is 4. The zero-order valence-corrected chi connectivity index (χ0v) is 17.3. The summed E-state index contributed by atoms with van der Waals surface area (Å²) in [5.74, 6) is 1.94. The van der Waals surface area contributed by atoms with E-state index < -0.39 is 0 Å². The van der Waals surface area contributed by atoms with E-state index in [-0.39, 0.29) is 5.82 Å². The Hall–Kier alpha value is -2.69. The molecule has 3 aromatic rings. The Kier molecular flexibility index (Phi) is 4.61. The SMILES string of the molecule is COc1ccccc1-c1csc2nc(C#N)nc(N3C4CCC3CC(OC)C4)c12. The number of benzene rings is 1. The Balaban J connectivity index is 1.71. The molecule has 0 spiro atoms. The summed E-state index contributed by atoms with van der Waals surface area (Å²) >= 11 is 1.55. The van der Waals surface area contributed by atoms with Crippen molar-refractivity contribution in [3.05, 3.63) is 35.5 Å². The zero-order chi connectivity index (χ0) is 20.0. The molecule has 0 saturated carbocycles. The number of piperidine rings is 1. The van der Waals surface area contributed by atoms with Crippen molar-refractivity contribution in [2.45, 2.75) is 43.9 Å². The molecule has 2 aliphatic heterocycles. The fourth-order valence-corrected chi connectivity index (χ4v) is 5.82. The molecule has 29 heavy (non-hydrogen) atoms. The van der Waals surface area contributed by atoms with Crippen LogP contribution in [0.5, 0.6) is 5.75 Å². The van der Waals surface area contributed by atoms with Gasteiger partial charge in [0, 0.05) is 35.7 Å². The molecule has 2 fully saturated rings. The number of anilines is 1. The topological polar surface area (TPSA) is 71.3 Å². The van der Waals surface area contributed by atoms with E-state index in [0.717, 1.165) is 58.6 Å². The first-order chi connectivity index (χ1) is 14.2. The van der Waals surface area contributed by atoms with Crippen LogP contribution in [-0.2, 0) is 4.74 Å². The summed E-state index contributed by atoms with van der Waals surface area (Å²) in [7, 11) is 3.49. The fraction of sp³-hybridized carbons (Fsp3) is 0.409. The van der Waals surface area contributed by atoms with Crippen LogP contribution in [0.3, 0.4) is 0 Å². The summed E-state index contributed by atoms with van der Waals surface area (Å²) < 4.78 is 11.3. The average Bonchev–Trinajstić information content (AvgIpc) is 3.30. The number of para-hydroxylation sites is 1. The minimum atomic E-state index is 0.231. The predicted octanol–water partition coefficient (Wildman–Crippen LogP) is 4.38. The van der Waals surface area contributed by atoms with Gasteiger partial charge in [0.1, 0.15) is 22.5 Å². The number of aromatic nitrogens is 2. The summed E-state index contributed by atoms with van der Waals surface area (Å²) in [5, 5.41) is 12.6. The molecule has 7 heteroatoms. The summed E-state index contributed by atoms with van der Waals surface area (Å²) in [5.41, 5.74) is 2.09. The van der Waals surface area contributed by atoms with E-state index in [0.29, 0.717) is 18.2 Å². The number of nitriles is 1. The van der Waals surface area contributed by atoms with Crippen molar-refractivity contribution in [2.75, 3.05) is 19.1 Å². The Bertz CT molecular complexity index is 1090. The van der Waals surface area contributed by atoms with Gasteiger partial charge in [0.15, 0.2) is 0 Å². The molecule has 2 bridgehead atoms. The lowest BCUT2D eigenvalue weighted by molar-refractivity contribution is 0.0682. The van der Waals surface area contributed by atoms with Gasteiger partial charge in [0.25, 0.3) is 0 Å². The first-order valence-corrected chi connectivity index (χ1v) is 10.7. The summed E-state index contributed by atoms with van der Waals surface area (Å²) in [6.07, 6.45) is 4.55. The van der Waals surface area contributed by atoms with E-state index in [1.165, 1.54) is 0 Å². The van der Waals surface area contributed by atoms with Gasteiger partial charge in [0.05, 0.1) is 18.6 Å². The number of methoxy groups -OCH3 is 2. The molecule has 0 radical (unpaired) electrons. The molecule has 0 aliphatic carbocycles. The minimum absolute atomic E-state index is 0.231. The number of ether oxygens (including phenoxy) is 2. The summed E-state index contributed by atoms with van der Waals surface area (Å²) in [4.78, 5) is 12.5. The van der Waals surface area contributed by atoms with Crippen molar-refractivity contribution in [3.63, 3.8) is 0 Å². The van der Waals surface area contributed by atoms with Gasteiger partial charge in [-0.05, 0) is 31.7 Å². The van der Waals surface area contributed by atoms with Crippen LogP contribution in [0.15, 0.2) is 29.6 Å². The molecule has 5 rings (SSSR count). The lowest BCUT2D eigenvalue weighted by Gasteiger charge is -2.39. The maximum atomic E-state index is 9.52. The van der Waals surface area contributed by atoms with Crippen molar-refractivity contribution in [1.82, 2.24) is 9.97 Å². The standard InChI is InChI=1S/C22H22N4O2S/c1-27-15-9-13-7-8-14(10-15)26(13)21-20-17(16-5-3-4-6-18(16)28-2)12-29-22(20)25-19(11-23)24-21/h3-6,12-15H,7-10H2,1-2H3. The van der Waals surface area contributed by atoms with E-state index in [9.17, 15) is 5.26 Å². The van der Waals surface area contributed by atoms with E-state index in [2.05, 4.69) is 27.4 Å². The predicted molar refractivity (Wildman–Crippen MR) is 113 cm³/mol. The molecule has 2 unspecified atom stereocenters. The highest BCUT2D eigenvalue weighted by atomic mass is 32.1. The van der Waals surface area contributed by atoms with Crippen molar-refractivity contribution < 1.29 is 9.47 Å². The Labute approximate surface area is 173 Å². The molecule has 148 valence electrons. The van der Waals surface area contributed by atoms with Crippen LogP contribution < -0.4 is 9.64 Å². The number of hydrogen-bond acceptors (Lipinski definition) is 7. The lowest BCUT2D eigenvalue weighted by atomic mass is 9.98. The van der Waals surface area contributed by atoms with Crippen LogP contribution >= 0.6 is 11.3 Å². The highest BCUT2D eigenvalue weighted by Crippen LogP contribution is 2.46. The number of hydrogen-bond donors (Lipinski definition) is 0. The molecule has 2 atom stereocenters. The van der Waals surface area contributed by atoms with Crippen LogP contribution in [0.2, 0.25) is 0 Å². The van der Waals surface area contributed by atoms with E-state index in [1.54, 1.807) is 25.6 Å². The molecular weight excluding hydrogens is 384 g/mol. The van der Waals surface area contributed by atoms with Crippen molar-refractivity contribution in [2.24, 2.45) is 0 Å². The van der Waals surface area contributed by atoms with Gasteiger partial charge in [-0.3, -0.25) is 0 Å². The molecule has 2 saturated heterocycles. The zero-order valence-electron chi connectivity index (χ0n) is 16.5. The Morgan fingerprint density at radius 3 is 2.55 bits per heavy atom.